The third-order valence-corrected chi connectivity index (χ3v) is 7.24. The van der Waals surface area contributed by atoms with Gasteiger partial charge in [-0.3, -0.25) is 0 Å². The molecule has 1 fully saturated rings. The van der Waals surface area contributed by atoms with Gasteiger partial charge in [-0.1, -0.05) is 12.1 Å². The lowest BCUT2D eigenvalue weighted by Gasteiger charge is -2.31. The summed E-state index contributed by atoms with van der Waals surface area (Å²) in [7, 11) is -3.46. The van der Waals surface area contributed by atoms with Gasteiger partial charge in [-0.2, -0.15) is 4.31 Å². The molecule has 0 unspecified atom stereocenters. The van der Waals surface area contributed by atoms with E-state index in [4.69, 9.17) is 0 Å². The summed E-state index contributed by atoms with van der Waals surface area (Å²) < 4.78 is 27.7. The van der Waals surface area contributed by atoms with Crippen LogP contribution in [0, 0.1) is 20.8 Å². The molecule has 0 bridgehead atoms. The molecule has 2 aromatic rings. The van der Waals surface area contributed by atoms with E-state index >= 15 is 0 Å². The molecule has 23 heavy (non-hydrogen) atoms. The highest BCUT2D eigenvalue weighted by Gasteiger charge is 2.33. The second-order valence-corrected chi connectivity index (χ2v) is 9.25. The largest absolute Gasteiger partial charge is 0.243 e. The van der Waals surface area contributed by atoms with Gasteiger partial charge in [-0.25, -0.2) is 8.42 Å². The van der Waals surface area contributed by atoms with Crippen molar-refractivity contribution in [3.05, 3.63) is 39.3 Å². The first kappa shape index (κ1) is 16.5. The van der Waals surface area contributed by atoms with Crippen LogP contribution in [0.1, 0.15) is 39.9 Å². The molecular weight excluding hydrogens is 330 g/mol. The summed E-state index contributed by atoms with van der Waals surface area (Å²) in [4.78, 5) is 0.423. The first-order valence-electron chi connectivity index (χ1n) is 7.75. The van der Waals surface area contributed by atoms with Gasteiger partial charge < -0.3 is 0 Å². The zero-order chi connectivity index (χ0) is 16.6. The molecule has 2 heterocycles. The van der Waals surface area contributed by atoms with Gasteiger partial charge in [-0.15, -0.1) is 21.5 Å². The van der Waals surface area contributed by atoms with Crippen LogP contribution < -0.4 is 0 Å². The Hall–Kier alpha value is -1.31. The minimum Gasteiger partial charge on any atom is -0.207 e. The van der Waals surface area contributed by atoms with E-state index in [0.717, 1.165) is 34.0 Å². The van der Waals surface area contributed by atoms with E-state index in [9.17, 15) is 8.42 Å². The lowest BCUT2D eigenvalue weighted by molar-refractivity contribution is 0.314. The Kier molecular flexibility index (Phi) is 4.53. The van der Waals surface area contributed by atoms with Crippen molar-refractivity contribution in [2.24, 2.45) is 0 Å². The molecule has 0 saturated carbocycles. The maximum absolute atomic E-state index is 13.0. The van der Waals surface area contributed by atoms with Gasteiger partial charge in [0, 0.05) is 19.0 Å². The monoisotopic (exact) mass is 351 g/mol. The van der Waals surface area contributed by atoms with Gasteiger partial charge in [0.2, 0.25) is 10.0 Å². The van der Waals surface area contributed by atoms with Crippen LogP contribution in [0.4, 0.5) is 0 Å². The van der Waals surface area contributed by atoms with Crippen molar-refractivity contribution in [3.8, 4) is 0 Å². The molecule has 0 amide bonds. The van der Waals surface area contributed by atoms with Crippen molar-refractivity contribution >= 4 is 21.4 Å². The molecule has 0 spiro atoms. The highest BCUT2D eigenvalue weighted by Crippen LogP contribution is 2.32. The van der Waals surface area contributed by atoms with E-state index < -0.39 is 10.0 Å². The maximum atomic E-state index is 13.0. The van der Waals surface area contributed by atoms with Gasteiger partial charge in [-0.05, 0) is 50.8 Å². The molecule has 1 aromatic carbocycles. The maximum Gasteiger partial charge on any atom is 0.243 e. The molecular formula is C16H21N3O2S2. The number of hydrogen-bond donors (Lipinski definition) is 0. The van der Waals surface area contributed by atoms with Crippen LogP contribution in [0.2, 0.25) is 0 Å². The van der Waals surface area contributed by atoms with Crippen molar-refractivity contribution in [1.29, 1.82) is 0 Å². The fraction of sp³-hybridized carbons (Fsp3) is 0.500. The Morgan fingerprint density at radius 3 is 2.70 bits per heavy atom. The lowest BCUT2D eigenvalue weighted by atomic mass is 10.0. The first-order valence-corrected chi connectivity index (χ1v) is 10.0. The quantitative estimate of drug-likeness (QED) is 0.853. The van der Waals surface area contributed by atoms with E-state index in [1.165, 1.54) is 0 Å². The van der Waals surface area contributed by atoms with Crippen LogP contribution in [0.25, 0.3) is 0 Å². The SMILES string of the molecule is Cc1ccc(C)c(S(=O)(=O)N2CCC[C@H](c3nnc(C)s3)C2)c1. The Bertz CT molecular complexity index is 814. The van der Waals surface area contributed by atoms with E-state index in [-0.39, 0.29) is 5.92 Å². The predicted molar refractivity (Wildman–Crippen MR) is 91.3 cm³/mol. The zero-order valence-electron chi connectivity index (χ0n) is 13.6. The molecule has 1 aliphatic rings. The summed E-state index contributed by atoms with van der Waals surface area (Å²) >= 11 is 1.56. The van der Waals surface area contributed by atoms with Crippen LogP contribution in [-0.4, -0.2) is 36.0 Å². The molecule has 3 rings (SSSR count). The number of sulfonamides is 1. The lowest BCUT2D eigenvalue weighted by Crippen LogP contribution is -2.39. The van der Waals surface area contributed by atoms with Crippen LogP contribution in [-0.2, 0) is 10.0 Å². The highest BCUT2D eigenvalue weighted by molar-refractivity contribution is 7.89. The second-order valence-electron chi connectivity index (χ2n) is 6.13. The van der Waals surface area contributed by atoms with Gasteiger partial charge in [0.05, 0.1) is 4.90 Å². The molecule has 1 atom stereocenters. The van der Waals surface area contributed by atoms with Crippen LogP contribution in [0.3, 0.4) is 0 Å². The van der Waals surface area contributed by atoms with E-state index in [1.807, 2.05) is 32.9 Å². The molecule has 1 aromatic heterocycles. The van der Waals surface area contributed by atoms with Gasteiger partial charge in [0.15, 0.2) is 0 Å². The average molecular weight is 351 g/mol. The minimum atomic E-state index is -3.46. The minimum absolute atomic E-state index is 0.148. The summed E-state index contributed by atoms with van der Waals surface area (Å²) in [5.74, 6) is 0.148. The zero-order valence-corrected chi connectivity index (χ0v) is 15.2. The Morgan fingerprint density at radius 2 is 2.00 bits per heavy atom. The molecule has 124 valence electrons. The molecule has 0 N–H and O–H groups in total. The van der Waals surface area contributed by atoms with E-state index in [1.54, 1.807) is 21.7 Å². The first-order chi connectivity index (χ1) is 10.9. The predicted octanol–water partition coefficient (Wildman–Crippen LogP) is 3.03. The summed E-state index contributed by atoms with van der Waals surface area (Å²) in [5, 5.41) is 10.1. The topological polar surface area (TPSA) is 63.2 Å². The number of nitrogens with zero attached hydrogens (tertiary/aromatic N) is 3. The Morgan fingerprint density at radius 1 is 1.22 bits per heavy atom. The number of piperidine rings is 1. The molecule has 1 aliphatic heterocycles. The summed E-state index contributed by atoms with van der Waals surface area (Å²) in [6.07, 6.45) is 1.82. The molecule has 0 radical (unpaired) electrons. The van der Waals surface area contributed by atoms with Crippen LogP contribution >= 0.6 is 11.3 Å². The van der Waals surface area contributed by atoms with Gasteiger partial charge in [0.1, 0.15) is 10.0 Å². The third-order valence-electron chi connectivity index (χ3n) is 4.24. The number of rotatable bonds is 3. The van der Waals surface area contributed by atoms with Crippen molar-refractivity contribution in [3.63, 3.8) is 0 Å². The van der Waals surface area contributed by atoms with Gasteiger partial charge >= 0.3 is 0 Å². The fourth-order valence-electron chi connectivity index (χ4n) is 2.96. The summed E-state index contributed by atoms with van der Waals surface area (Å²) in [6, 6.07) is 5.58. The number of hydrogen-bond acceptors (Lipinski definition) is 5. The normalized spacial score (nSPS) is 19.9. The van der Waals surface area contributed by atoms with Crippen molar-refractivity contribution in [2.45, 2.75) is 44.4 Å². The molecule has 7 heteroatoms. The van der Waals surface area contributed by atoms with Crippen molar-refractivity contribution in [1.82, 2.24) is 14.5 Å². The van der Waals surface area contributed by atoms with Gasteiger partial charge in [0.25, 0.3) is 0 Å². The van der Waals surface area contributed by atoms with E-state index in [0.29, 0.717) is 18.0 Å². The standard InChI is InChI=1S/C16H21N3O2S2/c1-11-6-7-12(2)15(9-11)23(20,21)19-8-4-5-14(10-19)16-18-17-13(3)22-16/h6-7,9,14H,4-5,8,10H2,1-3H3/t14-/m0/s1. The molecule has 5 nitrogen and oxygen atoms in total. The fourth-order valence-corrected chi connectivity index (χ4v) is 5.62. The molecule has 0 aliphatic carbocycles. The summed E-state index contributed by atoms with van der Waals surface area (Å²) in [6.45, 7) is 6.76. The Labute approximate surface area is 141 Å². The number of aryl methyl sites for hydroxylation is 3. The molecule has 1 saturated heterocycles. The third kappa shape index (κ3) is 3.32. The average Bonchev–Trinajstić information content (AvgIpc) is 2.96. The summed E-state index contributed by atoms with van der Waals surface area (Å²) in [5.41, 5.74) is 1.76. The van der Waals surface area contributed by atoms with Crippen LogP contribution in [0.5, 0.6) is 0 Å². The smallest absolute Gasteiger partial charge is 0.207 e. The van der Waals surface area contributed by atoms with Crippen LogP contribution in [0.15, 0.2) is 23.1 Å². The number of aromatic nitrogens is 2. The van der Waals surface area contributed by atoms with Crippen molar-refractivity contribution < 1.29 is 8.42 Å². The number of benzene rings is 1. The van der Waals surface area contributed by atoms with Crippen molar-refractivity contribution in [2.75, 3.05) is 13.1 Å². The van der Waals surface area contributed by atoms with E-state index in [2.05, 4.69) is 10.2 Å². The highest BCUT2D eigenvalue weighted by atomic mass is 32.2. The second kappa shape index (κ2) is 6.30. The Balaban J connectivity index is 1.89.